The minimum Gasteiger partial charge on any atom is -0.305 e. The van der Waals surface area contributed by atoms with Crippen molar-refractivity contribution in [1.29, 1.82) is 0 Å². The van der Waals surface area contributed by atoms with Crippen molar-refractivity contribution in [1.82, 2.24) is 4.90 Å². The number of hydrogen-bond donors (Lipinski definition) is 0. The highest BCUT2D eigenvalue weighted by atomic mass is 35.5. The molecule has 166 valence electrons. The molecule has 1 amide bonds. The fourth-order valence-corrected chi connectivity index (χ4v) is 5.35. The van der Waals surface area contributed by atoms with Crippen LogP contribution in [0, 0.1) is 23.7 Å². The van der Waals surface area contributed by atoms with E-state index in [4.69, 9.17) is 16.6 Å². The maximum atomic E-state index is 13.3. The van der Waals surface area contributed by atoms with Gasteiger partial charge in [-0.05, 0) is 67.8 Å². The Hall–Kier alpha value is -1.35. The van der Waals surface area contributed by atoms with E-state index in [-0.39, 0.29) is 27.9 Å². The Morgan fingerprint density at radius 3 is 2.17 bits per heavy atom. The van der Waals surface area contributed by atoms with Crippen molar-refractivity contribution in [3.8, 4) is 0 Å². The second-order valence-electron chi connectivity index (χ2n) is 11.7. The predicted molar refractivity (Wildman–Crippen MR) is 127 cm³/mol. The van der Waals surface area contributed by atoms with Crippen LogP contribution in [-0.4, -0.2) is 21.6 Å². The Bertz CT molecular complexity index is 790. The van der Waals surface area contributed by atoms with Crippen LogP contribution in [0.1, 0.15) is 97.2 Å². The molecule has 1 aliphatic heterocycles. The lowest BCUT2D eigenvalue weighted by Crippen LogP contribution is -2.51. The largest absolute Gasteiger partial charge is 0.305 e. The molecule has 1 aromatic rings. The number of hydrogen-bond acceptors (Lipinski definition) is 2. The molecule has 1 fully saturated rings. The second kappa shape index (κ2) is 8.30. The number of aliphatic imine (C=N–C) groups is 1. The monoisotopic (exact) mass is 430 g/mol. The summed E-state index contributed by atoms with van der Waals surface area (Å²) in [6, 6.07) is 8.65. The number of amides is 1. The van der Waals surface area contributed by atoms with Crippen LogP contribution in [0.3, 0.4) is 0 Å². The maximum Gasteiger partial charge on any atom is 0.286 e. The molecule has 1 unspecified atom stereocenters. The van der Waals surface area contributed by atoms with Crippen LogP contribution in [0.4, 0.5) is 0 Å². The fraction of sp³-hybridized carbons (Fsp3) is 0.692. The highest BCUT2D eigenvalue weighted by Gasteiger charge is 2.52. The van der Waals surface area contributed by atoms with Gasteiger partial charge >= 0.3 is 0 Å². The first-order valence-electron chi connectivity index (χ1n) is 11.5. The highest BCUT2D eigenvalue weighted by Crippen LogP contribution is 2.50. The van der Waals surface area contributed by atoms with E-state index < -0.39 is 5.66 Å². The summed E-state index contributed by atoms with van der Waals surface area (Å²) in [6.07, 6.45) is 5.92. The normalized spacial score (nSPS) is 26.3. The Labute approximate surface area is 188 Å². The number of benzene rings is 1. The van der Waals surface area contributed by atoms with E-state index in [0.29, 0.717) is 5.92 Å². The average molecular weight is 431 g/mol. The Kier molecular flexibility index (Phi) is 6.45. The summed E-state index contributed by atoms with van der Waals surface area (Å²) >= 11 is 6.41. The number of carbonyl (C=O) groups is 1. The van der Waals surface area contributed by atoms with Gasteiger partial charge in [0.05, 0.1) is 6.04 Å². The topological polar surface area (TPSA) is 32.7 Å². The first-order valence-corrected chi connectivity index (χ1v) is 11.9. The van der Waals surface area contributed by atoms with Gasteiger partial charge in [-0.1, -0.05) is 83.0 Å². The van der Waals surface area contributed by atoms with Crippen molar-refractivity contribution >= 4 is 22.7 Å². The summed E-state index contributed by atoms with van der Waals surface area (Å²) in [5.74, 6) is 0.562. The third kappa shape index (κ3) is 4.93. The minimum atomic E-state index is -0.483. The zero-order valence-corrected chi connectivity index (χ0v) is 20.6. The number of halogens is 1. The van der Waals surface area contributed by atoms with E-state index in [1.165, 1.54) is 11.1 Å². The van der Waals surface area contributed by atoms with Crippen LogP contribution in [0.25, 0.3) is 0 Å². The molecule has 3 nitrogen and oxygen atoms in total. The lowest BCUT2D eigenvalue weighted by atomic mass is 9.69. The molecule has 0 aromatic heterocycles. The SMILES string of the molecule is Cc1ccc(C(CCC(C)(C)C)N2C(=O)C(Cl)=NC23CCC(C(C)(C)C)CC3)cc1. The number of nitrogens with zero attached hydrogens (tertiary/aromatic N) is 2. The van der Waals surface area contributed by atoms with Gasteiger partial charge in [0, 0.05) is 0 Å². The first kappa shape index (κ1) is 23.3. The van der Waals surface area contributed by atoms with E-state index in [9.17, 15) is 4.79 Å². The smallest absolute Gasteiger partial charge is 0.286 e. The van der Waals surface area contributed by atoms with Gasteiger partial charge in [0.25, 0.3) is 5.91 Å². The summed E-state index contributed by atoms with van der Waals surface area (Å²) in [6.45, 7) is 15.9. The summed E-state index contributed by atoms with van der Waals surface area (Å²) in [7, 11) is 0. The standard InChI is InChI=1S/C26H39ClN2O/c1-18-8-10-19(11-9-18)21(14-15-24(2,3)4)29-23(30)22(27)28-26(29)16-12-20(13-17-26)25(5,6)7/h8-11,20-21H,12-17H2,1-7H3. The van der Waals surface area contributed by atoms with E-state index >= 15 is 0 Å². The molecular formula is C26H39ClN2O. The molecule has 1 aromatic carbocycles. The van der Waals surface area contributed by atoms with Crippen molar-refractivity contribution in [2.24, 2.45) is 21.7 Å². The average Bonchev–Trinajstić information content (AvgIpc) is 2.86. The number of rotatable bonds is 4. The summed E-state index contributed by atoms with van der Waals surface area (Å²) in [4.78, 5) is 20.2. The molecule has 2 aliphatic rings. The van der Waals surface area contributed by atoms with Crippen LogP contribution >= 0.6 is 11.6 Å². The molecule has 1 aliphatic carbocycles. The first-order chi connectivity index (χ1) is 13.8. The number of aryl methyl sites for hydroxylation is 1. The van der Waals surface area contributed by atoms with Crippen molar-refractivity contribution in [3.05, 3.63) is 35.4 Å². The molecule has 0 N–H and O–H groups in total. The lowest BCUT2D eigenvalue weighted by molar-refractivity contribution is -0.133. The van der Waals surface area contributed by atoms with Gasteiger partial charge in [0.2, 0.25) is 0 Å². The maximum absolute atomic E-state index is 13.3. The molecule has 30 heavy (non-hydrogen) atoms. The van der Waals surface area contributed by atoms with Crippen molar-refractivity contribution in [3.63, 3.8) is 0 Å². The Balaban J connectivity index is 1.95. The van der Waals surface area contributed by atoms with Crippen LogP contribution in [-0.2, 0) is 4.79 Å². The molecule has 0 bridgehead atoms. The third-order valence-corrected chi connectivity index (χ3v) is 7.35. The van der Waals surface area contributed by atoms with Crippen LogP contribution in [0.15, 0.2) is 29.3 Å². The van der Waals surface area contributed by atoms with E-state index in [1.807, 2.05) is 0 Å². The van der Waals surface area contributed by atoms with Crippen LogP contribution < -0.4 is 0 Å². The summed E-state index contributed by atoms with van der Waals surface area (Å²) in [5, 5.41) is 0.164. The van der Waals surface area contributed by atoms with E-state index in [2.05, 4.69) is 77.6 Å². The molecule has 4 heteroatoms. The van der Waals surface area contributed by atoms with Gasteiger partial charge in [-0.2, -0.15) is 0 Å². The van der Waals surface area contributed by atoms with Gasteiger partial charge < -0.3 is 4.90 Å². The summed E-state index contributed by atoms with van der Waals surface area (Å²) in [5.41, 5.74) is 2.43. The molecule has 1 atom stereocenters. The lowest BCUT2D eigenvalue weighted by Gasteiger charge is -2.47. The molecule has 0 saturated heterocycles. The van der Waals surface area contributed by atoms with Gasteiger partial charge in [0.1, 0.15) is 5.66 Å². The highest BCUT2D eigenvalue weighted by molar-refractivity contribution is 6.83. The molecule has 3 rings (SSSR count). The zero-order valence-electron chi connectivity index (χ0n) is 19.9. The molecule has 0 radical (unpaired) electrons. The van der Waals surface area contributed by atoms with Gasteiger partial charge in [0.15, 0.2) is 5.17 Å². The second-order valence-corrected chi connectivity index (χ2v) is 12.1. The van der Waals surface area contributed by atoms with Crippen molar-refractivity contribution < 1.29 is 4.79 Å². The predicted octanol–water partition coefficient (Wildman–Crippen LogP) is 7.27. The van der Waals surface area contributed by atoms with Crippen LogP contribution in [0.5, 0.6) is 0 Å². The van der Waals surface area contributed by atoms with Crippen molar-refractivity contribution in [2.45, 2.75) is 98.7 Å². The van der Waals surface area contributed by atoms with Crippen LogP contribution in [0.2, 0.25) is 0 Å². The van der Waals surface area contributed by atoms with Gasteiger partial charge in [-0.15, -0.1) is 0 Å². The van der Waals surface area contributed by atoms with Gasteiger partial charge in [-0.3, -0.25) is 4.79 Å². The molecule has 1 heterocycles. The summed E-state index contributed by atoms with van der Waals surface area (Å²) < 4.78 is 0. The third-order valence-electron chi connectivity index (χ3n) is 7.10. The zero-order chi connectivity index (χ0) is 22.3. The fourth-order valence-electron chi connectivity index (χ4n) is 5.11. The molecule has 1 spiro atoms. The quantitative estimate of drug-likeness (QED) is 0.494. The Morgan fingerprint density at radius 2 is 1.67 bits per heavy atom. The van der Waals surface area contributed by atoms with E-state index in [1.54, 1.807) is 0 Å². The van der Waals surface area contributed by atoms with Crippen molar-refractivity contribution in [2.75, 3.05) is 0 Å². The Morgan fingerprint density at radius 1 is 1.10 bits per heavy atom. The number of carbonyl (C=O) groups excluding carboxylic acids is 1. The molecule has 1 saturated carbocycles. The van der Waals surface area contributed by atoms with E-state index in [0.717, 1.165) is 38.5 Å². The minimum absolute atomic E-state index is 0.00325. The molecular weight excluding hydrogens is 392 g/mol. The van der Waals surface area contributed by atoms with Gasteiger partial charge in [-0.25, -0.2) is 4.99 Å².